The lowest BCUT2D eigenvalue weighted by molar-refractivity contribution is -0.385. The summed E-state index contributed by atoms with van der Waals surface area (Å²) in [7, 11) is 0. The molecule has 2 aromatic carbocycles. The maximum absolute atomic E-state index is 10.9. The van der Waals surface area contributed by atoms with E-state index in [0.717, 1.165) is 0 Å². The number of aromatic nitrogens is 3. The van der Waals surface area contributed by atoms with Crippen LogP contribution in [0.1, 0.15) is 5.69 Å². The fourth-order valence-electron chi connectivity index (χ4n) is 2.28. The first-order valence-electron chi connectivity index (χ1n) is 6.86. The lowest BCUT2D eigenvalue weighted by Crippen LogP contribution is -2.01. The molecule has 1 aromatic heterocycles. The van der Waals surface area contributed by atoms with E-state index in [1.807, 2.05) is 6.07 Å². The van der Waals surface area contributed by atoms with Crippen molar-refractivity contribution < 1.29 is 9.85 Å². The molecule has 0 N–H and O–H groups in total. The fraction of sp³-hybridized carbons (Fsp3) is 0. The molecule has 0 aliphatic carbocycles. The van der Waals surface area contributed by atoms with Gasteiger partial charge in [0, 0.05) is 29.8 Å². The molecule has 0 spiro atoms. The molecule has 3 aromatic rings. The van der Waals surface area contributed by atoms with Crippen LogP contribution >= 0.6 is 0 Å². The summed E-state index contributed by atoms with van der Waals surface area (Å²) in [5, 5.41) is 38.6. The van der Waals surface area contributed by atoms with Gasteiger partial charge in [-0.15, -0.1) is 5.10 Å². The van der Waals surface area contributed by atoms with Crippen molar-refractivity contribution in [2.24, 2.45) is 0 Å². The second kappa shape index (κ2) is 6.17. The Labute approximate surface area is 139 Å². The molecule has 3 rings (SSSR count). The van der Waals surface area contributed by atoms with E-state index in [1.54, 1.807) is 6.07 Å². The predicted molar refractivity (Wildman–Crippen MR) is 84.8 cm³/mol. The zero-order valence-corrected chi connectivity index (χ0v) is 12.4. The number of benzene rings is 2. The van der Waals surface area contributed by atoms with E-state index in [2.05, 4.69) is 10.3 Å². The minimum absolute atomic E-state index is 0.000333. The molecule has 0 radical (unpaired) electrons. The van der Waals surface area contributed by atoms with Crippen LogP contribution in [0.25, 0.3) is 16.9 Å². The summed E-state index contributed by atoms with van der Waals surface area (Å²) in [6.45, 7) is 0. The van der Waals surface area contributed by atoms with Crippen LogP contribution < -0.4 is 0 Å². The Morgan fingerprint density at radius 2 is 1.68 bits per heavy atom. The highest BCUT2D eigenvalue weighted by atomic mass is 16.6. The molecule has 0 aliphatic heterocycles. The Bertz CT molecular complexity index is 1020. The molecule has 0 fully saturated rings. The molecule has 122 valence electrons. The molecule has 25 heavy (non-hydrogen) atoms. The molecule has 10 nitrogen and oxygen atoms in total. The highest BCUT2D eigenvalue weighted by Crippen LogP contribution is 2.27. The Kier molecular flexibility index (Phi) is 3.89. The van der Waals surface area contributed by atoms with Crippen molar-refractivity contribution in [2.75, 3.05) is 0 Å². The van der Waals surface area contributed by atoms with E-state index >= 15 is 0 Å². The van der Waals surface area contributed by atoms with Crippen molar-refractivity contribution in [3.8, 4) is 23.0 Å². The molecule has 0 aliphatic rings. The molecule has 0 unspecified atom stereocenters. The molecule has 0 saturated carbocycles. The molecule has 0 amide bonds. The first-order valence-corrected chi connectivity index (χ1v) is 6.86. The van der Waals surface area contributed by atoms with Gasteiger partial charge in [-0.2, -0.15) is 5.26 Å². The summed E-state index contributed by atoms with van der Waals surface area (Å²) >= 11 is 0. The van der Waals surface area contributed by atoms with E-state index in [9.17, 15) is 25.5 Å². The Morgan fingerprint density at radius 1 is 1.00 bits per heavy atom. The van der Waals surface area contributed by atoms with Gasteiger partial charge >= 0.3 is 0 Å². The van der Waals surface area contributed by atoms with E-state index < -0.39 is 9.85 Å². The standard InChI is InChI=1S/C15H8N6O4/c16-9-14-15(10-4-6-11(7-5-10)20(22)23)19(18-17-14)12-2-1-3-13(8-12)21(24)25/h1-8H. The third-order valence-electron chi connectivity index (χ3n) is 3.41. The van der Waals surface area contributed by atoms with Crippen LogP contribution in [0.15, 0.2) is 48.5 Å². The number of hydrogen-bond donors (Lipinski definition) is 0. The van der Waals surface area contributed by atoms with Crippen LogP contribution in [-0.2, 0) is 0 Å². The van der Waals surface area contributed by atoms with Crippen molar-refractivity contribution in [3.05, 3.63) is 74.5 Å². The highest BCUT2D eigenvalue weighted by molar-refractivity contribution is 5.68. The van der Waals surface area contributed by atoms with E-state index in [0.29, 0.717) is 11.3 Å². The second-order valence-electron chi connectivity index (χ2n) is 4.89. The van der Waals surface area contributed by atoms with Gasteiger partial charge in [-0.3, -0.25) is 20.2 Å². The molecule has 10 heteroatoms. The monoisotopic (exact) mass is 336 g/mol. The number of rotatable bonds is 4. The van der Waals surface area contributed by atoms with Crippen molar-refractivity contribution in [2.45, 2.75) is 0 Å². The Hall–Kier alpha value is -4.13. The largest absolute Gasteiger partial charge is 0.271 e. The normalized spacial score (nSPS) is 10.2. The number of hydrogen-bond acceptors (Lipinski definition) is 7. The zero-order valence-electron chi connectivity index (χ0n) is 12.4. The van der Waals surface area contributed by atoms with Crippen LogP contribution in [-0.4, -0.2) is 24.8 Å². The summed E-state index contributed by atoms with van der Waals surface area (Å²) in [5.41, 5.74) is 0.867. The van der Waals surface area contributed by atoms with Crippen molar-refractivity contribution in [1.82, 2.24) is 15.0 Å². The summed E-state index contributed by atoms with van der Waals surface area (Å²) in [5.74, 6) is 0. The summed E-state index contributed by atoms with van der Waals surface area (Å²) in [6, 6.07) is 13.1. The molecule has 0 saturated heterocycles. The molecule has 0 bridgehead atoms. The van der Waals surface area contributed by atoms with Gasteiger partial charge in [0.2, 0.25) is 0 Å². The van der Waals surface area contributed by atoms with Crippen LogP contribution in [0.4, 0.5) is 11.4 Å². The van der Waals surface area contributed by atoms with Crippen LogP contribution in [0.3, 0.4) is 0 Å². The van der Waals surface area contributed by atoms with Gasteiger partial charge < -0.3 is 0 Å². The number of nitro benzene ring substituents is 2. The minimum Gasteiger partial charge on any atom is -0.258 e. The smallest absolute Gasteiger partial charge is 0.258 e. The van der Waals surface area contributed by atoms with Gasteiger partial charge in [0.25, 0.3) is 11.4 Å². The highest BCUT2D eigenvalue weighted by Gasteiger charge is 2.18. The minimum atomic E-state index is -0.544. The van der Waals surface area contributed by atoms with Crippen molar-refractivity contribution in [3.63, 3.8) is 0 Å². The Morgan fingerprint density at radius 3 is 2.28 bits per heavy atom. The summed E-state index contributed by atoms with van der Waals surface area (Å²) in [6.07, 6.45) is 0. The first kappa shape index (κ1) is 15.8. The van der Waals surface area contributed by atoms with E-state index in [1.165, 1.54) is 47.1 Å². The quantitative estimate of drug-likeness (QED) is 0.526. The topological polar surface area (TPSA) is 141 Å². The van der Waals surface area contributed by atoms with Gasteiger partial charge in [-0.25, -0.2) is 4.68 Å². The maximum atomic E-state index is 10.9. The predicted octanol–water partition coefficient (Wildman–Crippen LogP) is 2.62. The van der Waals surface area contributed by atoms with E-state index in [4.69, 9.17) is 0 Å². The van der Waals surface area contributed by atoms with Gasteiger partial charge in [0.15, 0.2) is 5.69 Å². The number of nitrogens with zero attached hydrogens (tertiary/aromatic N) is 6. The van der Waals surface area contributed by atoms with Crippen molar-refractivity contribution >= 4 is 11.4 Å². The van der Waals surface area contributed by atoms with E-state index in [-0.39, 0.29) is 22.8 Å². The SMILES string of the molecule is N#Cc1nnn(-c2cccc([N+](=O)[O-])c2)c1-c1ccc([N+](=O)[O-])cc1. The zero-order chi connectivity index (χ0) is 18.0. The van der Waals surface area contributed by atoms with Crippen LogP contribution in [0.2, 0.25) is 0 Å². The fourth-order valence-corrected chi connectivity index (χ4v) is 2.28. The Balaban J connectivity index is 2.16. The average molecular weight is 336 g/mol. The number of non-ortho nitro benzene ring substituents is 2. The molecular formula is C15H8N6O4. The molecule has 0 atom stereocenters. The van der Waals surface area contributed by atoms with Gasteiger partial charge in [-0.1, -0.05) is 11.3 Å². The number of nitro groups is 2. The van der Waals surface area contributed by atoms with Gasteiger partial charge in [0.1, 0.15) is 11.8 Å². The summed E-state index contributed by atoms with van der Waals surface area (Å²) in [4.78, 5) is 20.6. The van der Waals surface area contributed by atoms with Crippen LogP contribution in [0.5, 0.6) is 0 Å². The van der Waals surface area contributed by atoms with Gasteiger partial charge in [0.05, 0.1) is 15.5 Å². The molecular weight excluding hydrogens is 328 g/mol. The van der Waals surface area contributed by atoms with Crippen LogP contribution in [0, 0.1) is 31.6 Å². The third kappa shape index (κ3) is 2.89. The number of nitriles is 1. The summed E-state index contributed by atoms with van der Waals surface area (Å²) < 4.78 is 1.28. The third-order valence-corrected chi connectivity index (χ3v) is 3.41. The lowest BCUT2D eigenvalue weighted by Gasteiger charge is -2.06. The van der Waals surface area contributed by atoms with Crippen molar-refractivity contribution in [1.29, 1.82) is 5.26 Å². The first-order chi connectivity index (χ1) is 12.0. The molecule has 1 heterocycles. The average Bonchev–Trinajstić information content (AvgIpc) is 3.06. The second-order valence-corrected chi connectivity index (χ2v) is 4.89. The maximum Gasteiger partial charge on any atom is 0.271 e. The van der Waals surface area contributed by atoms with Gasteiger partial charge in [-0.05, 0) is 18.2 Å². The lowest BCUT2D eigenvalue weighted by atomic mass is 10.1.